The molecular weight excluding hydrogens is 457 g/mol. The number of alkyl halides is 3. The number of nitro groups is 1. The Balaban J connectivity index is 1.56. The van der Waals surface area contributed by atoms with Gasteiger partial charge >= 0.3 is 6.18 Å². The second-order valence-corrected chi connectivity index (χ2v) is 7.93. The van der Waals surface area contributed by atoms with Crippen molar-refractivity contribution in [1.82, 2.24) is 4.57 Å². The molecule has 4 rings (SSSR count). The van der Waals surface area contributed by atoms with Crippen molar-refractivity contribution in [3.8, 4) is 16.8 Å². The fourth-order valence-corrected chi connectivity index (χ4v) is 3.87. The zero-order valence-corrected chi connectivity index (χ0v) is 18.9. The molecule has 0 saturated heterocycles. The number of aryl methyl sites for hydroxylation is 1. The van der Waals surface area contributed by atoms with Crippen molar-refractivity contribution in [2.45, 2.75) is 20.0 Å². The van der Waals surface area contributed by atoms with Gasteiger partial charge in [-0.3, -0.25) is 15.5 Å². The van der Waals surface area contributed by atoms with Crippen molar-refractivity contribution in [3.05, 3.63) is 111 Å². The number of nitro benzene ring substituents is 1. The third-order valence-corrected chi connectivity index (χ3v) is 5.61. The Hall–Kier alpha value is -4.40. The van der Waals surface area contributed by atoms with Crippen molar-refractivity contribution in [2.75, 3.05) is 5.43 Å². The van der Waals surface area contributed by atoms with Crippen LogP contribution in [0, 0.1) is 24.0 Å². The predicted octanol–water partition coefficient (Wildman–Crippen LogP) is 7.13. The van der Waals surface area contributed by atoms with Crippen LogP contribution < -0.4 is 5.43 Å². The van der Waals surface area contributed by atoms with Gasteiger partial charge < -0.3 is 4.57 Å². The first-order valence-corrected chi connectivity index (χ1v) is 10.6. The fraction of sp³-hybridized carbons (Fsp3) is 0.115. The number of hydrogen-bond acceptors (Lipinski definition) is 4. The molecule has 178 valence electrons. The molecule has 3 aromatic carbocycles. The quantitative estimate of drug-likeness (QED) is 0.182. The van der Waals surface area contributed by atoms with Gasteiger partial charge in [-0.15, -0.1) is 0 Å². The number of hydrazone groups is 1. The molecule has 0 aliphatic heterocycles. The summed E-state index contributed by atoms with van der Waals surface area (Å²) in [6.45, 7) is 3.86. The topological polar surface area (TPSA) is 72.5 Å². The van der Waals surface area contributed by atoms with Gasteiger partial charge in [-0.2, -0.15) is 18.3 Å². The molecule has 0 amide bonds. The molecule has 35 heavy (non-hydrogen) atoms. The zero-order chi connectivity index (χ0) is 25.2. The lowest BCUT2D eigenvalue weighted by Gasteiger charge is -2.11. The number of nitrogens with zero attached hydrogens (tertiary/aromatic N) is 3. The molecule has 0 aliphatic rings. The first-order valence-electron chi connectivity index (χ1n) is 10.6. The average molecular weight is 478 g/mol. The number of nitrogens with one attached hydrogen (secondary N) is 1. The van der Waals surface area contributed by atoms with E-state index in [1.54, 1.807) is 0 Å². The highest BCUT2D eigenvalue weighted by Crippen LogP contribution is 2.35. The van der Waals surface area contributed by atoms with Crippen LogP contribution in [0.1, 0.15) is 22.5 Å². The van der Waals surface area contributed by atoms with Crippen molar-refractivity contribution < 1.29 is 18.1 Å². The van der Waals surface area contributed by atoms with Gasteiger partial charge in [-0.25, -0.2) is 0 Å². The van der Waals surface area contributed by atoms with Gasteiger partial charge in [0.25, 0.3) is 5.69 Å². The largest absolute Gasteiger partial charge is 0.416 e. The van der Waals surface area contributed by atoms with Gasteiger partial charge in [0.05, 0.1) is 16.7 Å². The number of benzene rings is 3. The maximum atomic E-state index is 12.9. The lowest BCUT2D eigenvalue weighted by Crippen LogP contribution is -2.06. The summed E-state index contributed by atoms with van der Waals surface area (Å²) in [5, 5.41) is 15.3. The highest BCUT2D eigenvalue weighted by atomic mass is 19.4. The Kier molecular flexibility index (Phi) is 6.42. The van der Waals surface area contributed by atoms with E-state index in [4.69, 9.17) is 0 Å². The maximum Gasteiger partial charge on any atom is 0.416 e. The summed E-state index contributed by atoms with van der Waals surface area (Å²) in [5.74, 6) is 0. The van der Waals surface area contributed by atoms with Crippen LogP contribution >= 0.6 is 0 Å². The average Bonchev–Trinajstić information content (AvgIpc) is 3.12. The first-order chi connectivity index (χ1) is 16.6. The monoisotopic (exact) mass is 478 g/mol. The van der Waals surface area contributed by atoms with Crippen LogP contribution in [0.25, 0.3) is 16.8 Å². The summed E-state index contributed by atoms with van der Waals surface area (Å²) < 4.78 is 40.7. The van der Waals surface area contributed by atoms with Crippen LogP contribution in [0.3, 0.4) is 0 Å². The number of rotatable bonds is 6. The molecule has 9 heteroatoms. The standard InChI is InChI=1S/C26H21F3N4O2/c1-17-14-21(16-30-31-24-13-10-22(26(27,28)29)15-25(24)33(34)35)18(2)32(17)23-11-8-20(9-12-23)19-6-4-3-5-7-19/h3-16,31H,1-2H3/b30-16+. The highest BCUT2D eigenvalue weighted by molar-refractivity contribution is 5.83. The molecular formula is C26H21F3N4O2. The van der Waals surface area contributed by atoms with Crippen molar-refractivity contribution in [1.29, 1.82) is 0 Å². The SMILES string of the molecule is Cc1cc(/C=N/Nc2ccc(C(F)(F)F)cc2[N+](=O)[O-])c(C)n1-c1ccc(-c2ccccc2)cc1. The summed E-state index contributed by atoms with van der Waals surface area (Å²) >= 11 is 0. The summed E-state index contributed by atoms with van der Waals surface area (Å²) in [6, 6.07) is 22.3. The van der Waals surface area contributed by atoms with Crippen LogP contribution in [-0.2, 0) is 6.18 Å². The number of aromatic nitrogens is 1. The molecule has 1 N–H and O–H groups in total. The maximum absolute atomic E-state index is 12.9. The van der Waals surface area contributed by atoms with Crippen molar-refractivity contribution in [3.63, 3.8) is 0 Å². The molecule has 0 fully saturated rings. The van der Waals surface area contributed by atoms with E-state index in [1.807, 2.05) is 74.5 Å². The van der Waals surface area contributed by atoms with Gasteiger partial charge in [-0.05, 0) is 55.3 Å². The number of halogens is 3. The smallest absolute Gasteiger partial charge is 0.318 e. The molecule has 0 saturated carbocycles. The van der Waals surface area contributed by atoms with Crippen molar-refractivity contribution in [2.24, 2.45) is 5.10 Å². The van der Waals surface area contributed by atoms with Crippen LogP contribution in [0.5, 0.6) is 0 Å². The van der Waals surface area contributed by atoms with E-state index >= 15 is 0 Å². The molecule has 0 aliphatic carbocycles. The Morgan fingerprint density at radius 3 is 2.23 bits per heavy atom. The Morgan fingerprint density at radius 1 is 0.943 bits per heavy atom. The van der Waals surface area contributed by atoms with E-state index in [0.29, 0.717) is 6.07 Å². The number of hydrogen-bond donors (Lipinski definition) is 1. The molecule has 1 aromatic heterocycles. The lowest BCUT2D eigenvalue weighted by molar-refractivity contribution is -0.384. The molecule has 0 spiro atoms. The third kappa shape index (κ3) is 5.08. The zero-order valence-electron chi connectivity index (χ0n) is 18.9. The van der Waals surface area contributed by atoms with Gasteiger partial charge in [0.15, 0.2) is 0 Å². The minimum absolute atomic E-state index is 0.135. The Bertz CT molecular complexity index is 1390. The van der Waals surface area contributed by atoms with E-state index < -0.39 is 22.4 Å². The van der Waals surface area contributed by atoms with E-state index in [0.717, 1.165) is 45.9 Å². The van der Waals surface area contributed by atoms with E-state index in [2.05, 4.69) is 15.1 Å². The van der Waals surface area contributed by atoms with Gasteiger partial charge in [0.1, 0.15) is 5.69 Å². The third-order valence-electron chi connectivity index (χ3n) is 5.61. The predicted molar refractivity (Wildman–Crippen MR) is 130 cm³/mol. The molecule has 4 aromatic rings. The Labute approximate surface area is 199 Å². The minimum Gasteiger partial charge on any atom is -0.318 e. The molecule has 6 nitrogen and oxygen atoms in total. The second-order valence-electron chi connectivity index (χ2n) is 7.93. The summed E-state index contributed by atoms with van der Waals surface area (Å²) in [7, 11) is 0. The van der Waals surface area contributed by atoms with Gasteiger partial charge in [0, 0.05) is 28.7 Å². The van der Waals surface area contributed by atoms with E-state index in [1.165, 1.54) is 6.21 Å². The fourth-order valence-electron chi connectivity index (χ4n) is 3.87. The lowest BCUT2D eigenvalue weighted by atomic mass is 10.1. The van der Waals surface area contributed by atoms with Crippen LogP contribution in [0.2, 0.25) is 0 Å². The summed E-state index contributed by atoms with van der Waals surface area (Å²) in [4.78, 5) is 10.4. The molecule has 1 heterocycles. The van der Waals surface area contributed by atoms with Crippen LogP contribution in [0.15, 0.2) is 84.0 Å². The molecule has 0 atom stereocenters. The molecule has 0 radical (unpaired) electrons. The number of anilines is 1. The van der Waals surface area contributed by atoms with Crippen LogP contribution in [-0.4, -0.2) is 15.7 Å². The van der Waals surface area contributed by atoms with E-state index in [-0.39, 0.29) is 5.69 Å². The van der Waals surface area contributed by atoms with Gasteiger partial charge in [0.2, 0.25) is 0 Å². The Morgan fingerprint density at radius 2 is 1.60 bits per heavy atom. The molecule has 0 unspecified atom stereocenters. The minimum atomic E-state index is -4.68. The first kappa shape index (κ1) is 23.7. The second kappa shape index (κ2) is 9.46. The highest BCUT2D eigenvalue weighted by Gasteiger charge is 2.33. The summed E-state index contributed by atoms with van der Waals surface area (Å²) in [6.07, 6.45) is -3.19. The van der Waals surface area contributed by atoms with Crippen molar-refractivity contribution >= 4 is 17.6 Å². The van der Waals surface area contributed by atoms with Crippen LogP contribution in [0.4, 0.5) is 24.5 Å². The van der Waals surface area contributed by atoms with Gasteiger partial charge in [-0.1, -0.05) is 42.5 Å². The van der Waals surface area contributed by atoms with E-state index in [9.17, 15) is 23.3 Å². The summed E-state index contributed by atoms with van der Waals surface area (Å²) in [5.41, 5.74) is 6.35. The normalized spacial score (nSPS) is 11.7. The molecule has 0 bridgehead atoms.